The van der Waals surface area contributed by atoms with E-state index >= 15 is 0 Å². The molecule has 1 aromatic rings. The highest BCUT2D eigenvalue weighted by molar-refractivity contribution is 9.10. The number of benzene rings is 1. The van der Waals surface area contributed by atoms with Gasteiger partial charge in [0.05, 0.1) is 5.41 Å². The maximum absolute atomic E-state index is 12.2. The number of carboxylic acids is 1. The zero-order valence-corrected chi connectivity index (χ0v) is 14.7. The van der Waals surface area contributed by atoms with Crippen LogP contribution >= 0.6 is 15.9 Å². The maximum atomic E-state index is 12.2. The van der Waals surface area contributed by atoms with Gasteiger partial charge in [0.15, 0.2) is 0 Å². The third kappa shape index (κ3) is 4.06. The Labute approximate surface area is 134 Å². The fourth-order valence-corrected chi connectivity index (χ4v) is 2.31. The number of carbonyl (C=O) groups excluding carboxylic acids is 1. The van der Waals surface area contributed by atoms with E-state index in [1.54, 1.807) is 6.92 Å². The van der Waals surface area contributed by atoms with Crippen LogP contribution in [0.25, 0.3) is 0 Å². The average Bonchev–Trinajstić information content (AvgIpc) is 2.34. The Morgan fingerprint density at radius 2 is 1.76 bits per heavy atom. The minimum Gasteiger partial charge on any atom is -0.481 e. The van der Waals surface area contributed by atoms with Crippen LogP contribution in [0.1, 0.15) is 38.3 Å². The predicted molar refractivity (Wildman–Crippen MR) is 87.4 cm³/mol. The predicted octanol–water partition coefficient (Wildman–Crippen LogP) is 4.14. The van der Waals surface area contributed by atoms with Gasteiger partial charge >= 0.3 is 5.97 Å². The van der Waals surface area contributed by atoms with Crippen LogP contribution in [-0.4, -0.2) is 17.0 Å². The third-order valence-corrected chi connectivity index (χ3v) is 5.26. The molecule has 0 aliphatic heterocycles. The molecule has 1 unspecified atom stereocenters. The van der Waals surface area contributed by atoms with Crippen LogP contribution in [0.5, 0.6) is 0 Å². The van der Waals surface area contributed by atoms with Crippen molar-refractivity contribution in [3.63, 3.8) is 0 Å². The number of hydrogen-bond acceptors (Lipinski definition) is 2. The summed E-state index contributed by atoms with van der Waals surface area (Å²) in [7, 11) is 0. The number of rotatable bonds is 5. The Bertz CT molecular complexity index is 546. The molecular weight excluding hydrogens is 334 g/mol. The van der Waals surface area contributed by atoms with E-state index in [1.165, 1.54) is 0 Å². The second-order valence-electron chi connectivity index (χ2n) is 6.03. The third-order valence-electron chi connectivity index (χ3n) is 4.01. The van der Waals surface area contributed by atoms with E-state index in [0.717, 1.165) is 15.6 Å². The summed E-state index contributed by atoms with van der Waals surface area (Å²) in [6, 6.07) is 3.73. The van der Waals surface area contributed by atoms with E-state index < -0.39 is 11.4 Å². The van der Waals surface area contributed by atoms with E-state index in [2.05, 4.69) is 21.2 Å². The van der Waals surface area contributed by atoms with Crippen molar-refractivity contribution in [2.45, 2.75) is 41.0 Å². The molecule has 1 rings (SSSR count). The molecule has 0 saturated heterocycles. The first kappa shape index (κ1) is 17.7. The summed E-state index contributed by atoms with van der Waals surface area (Å²) < 4.78 is 1.01. The van der Waals surface area contributed by atoms with Gasteiger partial charge in [-0.2, -0.15) is 0 Å². The molecule has 0 aromatic heterocycles. The number of carbonyl (C=O) groups is 2. The second-order valence-corrected chi connectivity index (χ2v) is 6.82. The van der Waals surface area contributed by atoms with Crippen molar-refractivity contribution >= 4 is 33.5 Å². The first-order chi connectivity index (χ1) is 9.57. The minimum atomic E-state index is -1.07. The summed E-state index contributed by atoms with van der Waals surface area (Å²) in [5, 5.41) is 12.1. The molecular formula is C16H22BrNO3. The van der Waals surface area contributed by atoms with Crippen LogP contribution in [0.2, 0.25) is 0 Å². The summed E-state index contributed by atoms with van der Waals surface area (Å²) in [5.74, 6) is -1.36. The van der Waals surface area contributed by atoms with Gasteiger partial charge in [-0.25, -0.2) is 0 Å². The first-order valence-corrected chi connectivity index (χ1v) is 7.67. The van der Waals surface area contributed by atoms with E-state index in [0.29, 0.717) is 5.69 Å². The summed E-state index contributed by atoms with van der Waals surface area (Å²) in [4.78, 5) is 23.6. The number of nitrogens with one attached hydrogen (secondary N) is 1. The number of hydrogen-bond donors (Lipinski definition) is 2. The molecule has 1 amide bonds. The normalized spacial score (nSPS) is 13.9. The SMILES string of the molecule is Cc1cc(NC(=O)CC(C)(C(=O)O)C(C)C)cc(C)c1Br. The first-order valence-electron chi connectivity index (χ1n) is 6.88. The Kier molecular flexibility index (Phi) is 5.56. The molecule has 2 N–H and O–H groups in total. The van der Waals surface area contributed by atoms with Gasteiger partial charge < -0.3 is 10.4 Å². The molecule has 1 atom stereocenters. The molecule has 5 heteroatoms. The van der Waals surface area contributed by atoms with Crippen molar-refractivity contribution in [1.82, 2.24) is 0 Å². The Morgan fingerprint density at radius 1 is 1.29 bits per heavy atom. The molecule has 0 aliphatic carbocycles. The number of anilines is 1. The fraction of sp³-hybridized carbons (Fsp3) is 0.500. The average molecular weight is 356 g/mol. The molecule has 0 radical (unpaired) electrons. The highest BCUT2D eigenvalue weighted by Crippen LogP contribution is 2.32. The molecule has 0 heterocycles. The lowest BCUT2D eigenvalue weighted by atomic mass is 9.76. The fourth-order valence-electron chi connectivity index (χ4n) is 2.08. The van der Waals surface area contributed by atoms with Gasteiger partial charge in [0.25, 0.3) is 0 Å². The number of amides is 1. The van der Waals surface area contributed by atoms with Gasteiger partial charge in [-0.15, -0.1) is 0 Å². The van der Waals surface area contributed by atoms with Gasteiger partial charge in [0.2, 0.25) is 5.91 Å². The van der Waals surface area contributed by atoms with Crippen molar-refractivity contribution in [1.29, 1.82) is 0 Å². The topological polar surface area (TPSA) is 66.4 Å². The van der Waals surface area contributed by atoms with E-state index in [9.17, 15) is 14.7 Å². The van der Waals surface area contributed by atoms with Gasteiger partial charge in [-0.1, -0.05) is 29.8 Å². The molecule has 0 bridgehead atoms. The lowest BCUT2D eigenvalue weighted by Crippen LogP contribution is -2.37. The number of aryl methyl sites for hydroxylation is 2. The lowest BCUT2D eigenvalue weighted by molar-refractivity contribution is -0.153. The molecule has 21 heavy (non-hydrogen) atoms. The summed E-state index contributed by atoms with van der Waals surface area (Å²) in [6.45, 7) is 9.13. The molecule has 116 valence electrons. The zero-order valence-electron chi connectivity index (χ0n) is 13.1. The van der Waals surface area contributed by atoms with Crippen LogP contribution in [0.3, 0.4) is 0 Å². The van der Waals surface area contributed by atoms with Crippen molar-refractivity contribution < 1.29 is 14.7 Å². The van der Waals surface area contributed by atoms with Crippen LogP contribution in [0.15, 0.2) is 16.6 Å². The minimum absolute atomic E-state index is 0.0475. The van der Waals surface area contributed by atoms with E-state index in [4.69, 9.17) is 0 Å². The largest absolute Gasteiger partial charge is 0.481 e. The molecule has 1 aromatic carbocycles. The smallest absolute Gasteiger partial charge is 0.310 e. The van der Waals surface area contributed by atoms with Crippen molar-refractivity contribution in [2.75, 3.05) is 5.32 Å². The summed E-state index contributed by atoms with van der Waals surface area (Å²) >= 11 is 3.48. The molecule has 4 nitrogen and oxygen atoms in total. The van der Waals surface area contributed by atoms with Crippen LogP contribution < -0.4 is 5.32 Å². The Balaban J connectivity index is 2.90. The van der Waals surface area contributed by atoms with Gasteiger partial charge in [-0.05, 0) is 49.9 Å². The molecule has 0 saturated carbocycles. The van der Waals surface area contributed by atoms with Gasteiger partial charge in [0.1, 0.15) is 0 Å². The van der Waals surface area contributed by atoms with Crippen molar-refractivity contribution in [2.24, 2.45) is 11.3 Å². The quantitative estimate of drug-likeness (QED) is 0.833. The van der Waals surface area contributed by atoms with Crippen LogP contribution in [0, 0.1) is 25.2 Å². The number of aliphatic carboxylic acids is 1. The second kappa shape index (κ2) is 6.60. The van der Waals surface area contributed by atoms with Gasteiger partial charge in [-0.3, -0.25) is 9.59 Å². The lowest BCUT2D eigenvalue weighted by Gasteiger charge is -2.28. The highest BCUT2D eigenvalue weighted by Gasteiger charge is 2.38. The van der Waals surface area contributed by atoms with Crippen molar-refractivity contribution in [3.8, 4) is 0 Å². The van der Waals surface area contributed by atoms with E-state index in [1.807, 2.05) is 39.8 Å². The van der Waals surface area contributed by atoms with E-state index in [-0.39, 0.29) is 18.2 Å². The summed E-state index contributed by atoms with van der Waals surface area (Å²) in [6.07, 6.45) is -0.0475. The summed E-state index contributed by atoms with van der Waals surface area (Å²) in [5.41, 5.74) is 1.67. The van der Waals surface area contributed by atoms with Crippen molar-refractivity contribution in [3.05, 3.63) is 27.7 Å². The molecule has 0 fully saturated rings. The van der Waals surface area contributed by atoms with Crippen LogP contribution in [0.4, 0.5) is 5.69 Å². The number of halogens is 1. The maximum Gasteiger partial charge on any atom is 0.310 e. The highest BCUT2D eigenvalue weighted by atomic mass is 79.9. The standard InChI is InChI=1S/C16H22BrNO3/c1-9(2)16(5,15(20)21)8-13(19)18-12-6-10(3)14(17)11(4)7-12/h6-7,9H,8H2,1-5H3,(H,18,19)(H,20,21). The Hall–Kier alpha value is -1.36. The zero-order chi connectivity index (χ0) is 16.4. The number of carboxylic acid groups (broad SMARTS) is 1. The van der Waals surface area contributed by atoms with Gasteiger partial charge in [0, 0.05) is 16.6 Å². The monoisotopic (exact) mass is 355 g/mol. The molecule has 0 aliphatic rings. The van der Waals surface area contributed by atoms with Crippen LogP contribution in [-0.2, 0) is 9.59 Å². The Morgan fingerprint density at radius 3 is 2.14 bits per heavy atom. The molecule has 0 spiro atoms.